The zero-order valence-electron chi connectivity index (χ0n) is 12.7. The molecule has 1 aromatic rings. The summed E-state index contributed by atoms with van der Waals surface area (Å²) in [4.78, 5) is 0.262. The Balaban J connectivity index is 3.03. The Morgan fingerprint density at radius 1 is 1.40 bits per heavy atom. The molecule has 0 aromatic carbocycles. The third-order valence-corrected chi connectivity index (χ3v) is 5.03. The van der Waals surface area contributed by atoms with Crippen molar-refractivity contribution >= 4 is 10.0 Å². The van der Waals surface area contributed by atoms with Crippen LogP contribution in [-0.2, 0) is 16.6 Å². The number of hydrogen-bond acceptors (Lipinski definition) is 4. The van der Waals surface area contributed by atoms with Crippen molar-refractivity contribution in [1.82, 2.24) is 14.5 Å². The molecule has 0 aliphatic carbocycles. The van der Waals surface area contributed by atoms with Crippen LogP contribution in [0.25, 0.3) is 0 Å². The zero-order valence-corrected chi connectivity index (χ0v) is 13.5. The SMILES string of the molecule is CCCC(C)NS(=O)(=O)c1c(C)nn(CCCO)c1C. The van der Waals surface area contributed by atoms with E-state index in [2.05, 4.69) is 9.82 Å². The van der Waals surface area contributed by atoms with Crippen molar-refractivity contribution < 1.29 is 13.5 Å². The summed E-state index contributed by atoms with van der Waals surface area (Å²) in [5.74, 6) is 0. The van der Waals surface area contributed by atoms with Gasteiger partial charge in [0.1, 0.15) is 4.90 Å². The molecule has 0 fully saturated rings. The molecule has 116 valence electrons. The number of nitrogens with one attached hydrogen (secondary N) is 1. The number of rotatable bonds is 8. The lowest BCUT2D eigenvalue weighted by atomic mass is 10.2. The van der Waals surface area contributed by atoms with E-state index in [1.54, 1.807) is 18.5 Å². The summed E-state index contributed by atoms with van der Waals surface area (Å²) in [5.41, 5.74) is 1.11. The first-order valence-corrected chi connectivity index (χ1v) is 8.49. The molecule has 7 heteroatoms. The monoisotopic (exact) mass is 303 g/mol. The van der Waals surface area contributed by atoms with Crippen LogP contribution in [0.2, 0.25) is 0 Å². The van der Waals surface area contributed by atoms with E-state index >= 15 is 0 Å². The van der Waals surface area contributed by atoms with Crippen molar-refractivity contribution in [3.05, 3.63) is 11.4 Å². The summed E-state index contributed by atoms with van der Waals surface area (Å²) in [6, 6.07) is -0.0930. The molecule has 0 spiro atoms. The molecular weight excluding hydrogens is 278 g/mol. The van der Waals surface area contributed by atoms with Crippen LogP contribution in [0.5, 0.6) is 0 Å². The maximum atomic E-state index is 12.4. The van der Waals surface area contributed by atoms with Gasteiger partial charge in [-0.15, -0.1) is 0 Å². The Hall–Kier alpha value is -0.920. The predicted molar refractivity (Wildman–Crippen MR) is 78.1 cm³/mol. The maximum absolute atomic E-state index is 12.4. The Morgan fingerprint density at radius 3 is 2.60 bits per heavy atom. The fraction of sp³-hybridized carbons (Fsp3) is 0.769. The van der Waals surface area contributed by atoms with Gasteiger partial charge in [0.2, 0.25) is 10.0 Å². The van der Waals surface area contributed by atoms with Crippen LogP contribution in [-0.4, -0.2) is 36.0 Å². The van der Waals surface area contributed by atoms with Gasteiger partial charge in [-0.3, -0.25) is 4.68 Å². The van der Waals surface area contributed by atoms with Gasteiger partial charge in [0, 0.05) is 19.2 Å². The summed E-state index contributed by atoms with van der Waals surface area (Å²) < 4.78 is 29.2. The highest BCUT2D eigenvalue weighted by molar-refractivity contribution is 7.89. The molecule has 1 unspecified atom stereocenters. The minimum Gasteiger partial charge on any atom is -0.396 e. The number of aromatic nitrogens is 2. The Morgan fingerprint density at radius 2 is 2.05 bits per heavy atom. The number of aryl methyl sites for hydroxylation is 2. The Bertz CT molecular complexity index is 537. The van der Waals surface area contributed by atoms with E-state index in [0.717, 1.165) is 12.8 Å². The van der Waals surface area contributed by atoms with Crippen molar-refractivity contribution in [2.75, 3.05) is 6.61 Å². The van der Waals surface area contributed by atoms with Crippen LogP contribution in [0.3, 0.4) is 0 Å². The molecule has 0 saturated carbocycles. The quantitative estimate of drug-likeness (QED) is 0.759. The molecule has 2 N–H and O–H groups in total. The van der Waals surface area contributed by atoms with E-state index in [-0.39, 0.29) is 17.5 Å². The predicted octanol–water partition coefficient (Wildman–Crippen LogP) is 1.35. The van der Waals surface area contributed by atoms with Gasteiger partial charge in [-0.25, -0.2) is 13.1 Å². The van der Waals surface area contributed by atoms with Crippen molar-refractivity contribution in [2.45, 2.75) is 64.4 Å². The second kappa shape index (κ2) is 7.19. The van der Waals surface area contributed by atoms with Crippen molar-refractivity contribution in [1.29, 1.82) is 0 Å². The third kappa shape index (κ3) is 4.04. The van der Waals surface area contributed by atoms with Gasteiger partial charge in [0.15, 0.2) is 0 Å². The first-order chi connectivity index (χ1) is 9.33. The van der Waals surface area contributed by atoms with Crippen LogP contribution in [0.15, 0.2) is 4.90 Å². The van der Waals surface area contributed by atoms with Gasteiger partial charge in [0.05, 0.1) is 11.4 Å². The lowest BCUT2D eigenvalue weighted by molar-refractivity contribution is 0.276. The second-order valence-corrected chi connectivity index (χ2v) is 6.76. The molecule has 1 heterocycles. The zero-order chi connectivity index (χ0) is 15.3. The summed E-state index contributed by atoms with van der Waals surface area (Å²) >= 11 is 0. The van der Waals surface area contributed by atoms with E-state index in [0.29, 0.717) is 24.4 Å². The Labute approximate surface area is 121 Å². The average molecular weight is 303 g/mol. The molecular formula is C13H25N3O3S. The highest BCUT2D eigenvalue weighted by atomic mass is 32.2. The van der Waals surface area contributed by atoms with Crippen molar-refractivity contribution in [3.8, 4) is 0 Å². The second-order valence-electron chi connectivity index (χ2n) is 5.11. The topological polar surface area (TPSA) is 84.2 Å². The van der Waals surface area contributed by atoms with Gasteiger partial charge < -0.3 is 5.11 Å². The minimum absolute atomic E-state index is 0.0617. The molecule has 6 nitrogen and oxygen atoms in total. The first kappa shape index (κ1) is 17.1. The van der Waals surface area contributed by atoms with Crippen LogP contribution in [0.4, 0.5) is 0 Å². The smallest absolute Gasteiger partial charge is 0.244 e. The Kier molecular flexibility index (Phi) is 6.16. The molecule has 0 bridgehead atoms. The van der Waals surface area contributed by atoms with Crippen molar-refractivity contribution in [2.24, 2.45) is 0 Å². The minimum atomic E-state index is -3.54. The third-order valence-electron chi connectivity index (χ3n) is 3.19. The molecule has 0 radical (unpaired) electrons. The van der Waals surface area contributed by atoms with Gasteiger partial charge in [-0.05, 0) is 33.6 Å². The molecule has 1 atom stereocenters. The average Bonchev–Trinajstić information content (AvgIpc) is 2.61. The van der Waals surface area contributed by atoms with Crippen LogP contribution >= 0.6 is 0 Å². The molecule has 0 aliphatic rings. The van der Waals surface area contributed by atoms with Crippen LogP contribution < -0.4 is 4.72 Å². The molecule has 0 aliphatic heterocycles. The van der Waals surface area contributed by atoms with E-state index in [9.17, 15) is 8.42 Å². The van der Waals surface area contributed by atoms with Gasteiger partial charge >= 0.3 is 0 Å². The van der Waals surface area contributed by atoms with Crippen LogP contribution in [0, 0.1) is 13.8 Å². The van der Waals surface area contributed by atoms with E-state index in [1.807, 2.05) is 13.8 Å². The maximum Gasteiger partial charge on any atom is 0.244 e. The molecule has 0 amide bonds. The summed E-state index contributed by atoms with van der Waals surface area (Å²) in [6.45, 7) is 7.91. The number of aliphatic hydroxyl groups excluding tert-OH is 1. The largest absolute Gasteiger partial charge is 0.396 e. The van der Waals surface area contributed by atoms with Gasteiger partial charge in [0.25, 0.3) is 0 Å². The first-order valence-electron chi connectivity index (χ1n) is 7.00. The highest BCUT2D eigenvalue weighted by Crippen LogP contribution is 2.20. The van der Waals surface area contributed by atoms with Gasteiger partial charge in [-0.2, -0.15) is 5.10 Å². The van der Waals surface area contributed by atoms with E-state index in [1.165, 1.54) is 0 Å². The standard InChI is InChI=1S/C13H25N3O3S/c1-5-7-10(2)15-20(18,19)13-11(3)14-16(12(13)4)8-6-9-17/h10,15,17H,5-9H2,1-4H3. The summed E-state index contributed by atoms with van der Waals surface area (Å²) in [7, 11) is -3.54. The van der Waals surface area contributed by atoms with E-state index in [4.69, 9.17) is 5.11 Å². The number of nitrogens with zero attached hydrogens (tertiary/aromatic N) is 2. The number of aliphatic hydroxyl groups is 1. The van der Waals surface area contributed by atoms with E-state index < -0.39 is 10.0 Å². The fourth-order valence-electron chi connectivity index (χ4n) is 2.32. The lowest BCUT2D eigenvalue weighted by Gasteiger charge is -2.13. The summed E-state index contributed by atoms with van der Waals surface area (Å²) in [6.07, 6.45) is 2.29. The molecule has 1 aromatic heterocycles. The fourth-order valence-corrected chi connectivity index (χ4v) is 4.01. The van der Waals surface area contributed by atoms with Crippen LogP contribution in [0.1, 0.15) is 44.5 Å². The molecule has 1 rings (SSSR count). The van der Waals surface area contributed by atoms with Crippen molar-refractivity contribution in [3.63, 3.8) is 0 Å². The summed E-state index contributed by atoms with van der Waals surface area (Å²) in [5, 5.41) is 13.1. The molecule has 20 heavy (non-hydrogen) atoms. The number of hydrogen-bond donors (Lipinski definition) is 2. The highest BCUT2D eigenvalue weighted by Gasteiger charge is 2.25. The normalized spacial score (nSPS) is 13.7. The lowest BCUT2D eigenvalue weighted by Crippen LogP contribution is -2.33. The molecule has 0 saturated heterocycles. The number of sulfonamides is 1. The van der Waals surface area contributed by atoms with Gasteiger partial charge in [-0.1, -0.05) is 13.3 Å².